The molecule has 3 heteroatoms. The van der Waals surface area contributed by atoms with Gasteiger partial charge in [0.05, 0.1) is 0 Å². The Bertz CT molecular complexity index is 331. The molecular weight excluding hydrogens is 154 g/mol. The van der Waals surface area contributed by atoms with Crippen LogP contribution in [0.15, 0.2) is 30.8 Å². The van der Waals surface area contributed by atoms with Crippen molar-refractivity contribution in [1.29, 1.82) is 0 Å². The molecule has 0 spiro atoms. The minimum atomic E-state index is -0.583. The van der Waals surface area contributed by atoms with Crippen molar-refractivity contribution < 1.29 is 9.90 Å². The van der Waals surface area contributed by atoms with Crippen LogP contribution in [0.4, 0.5) is 0 Å². The summed E-state index contributed by atoms with van der Waals surface area (Å²) >= 11 is 0. The van der Waals surface area contributed by atoms with Gasteiger partial charge >= 0.3 is 0 Å². The first-order valence-corrected chi connectivity index (χ1v) is 3.39. The van der Waals surface area contributed by atoms with Crippen molar-refractivity contribution in [2.24, 2.45) is 5.73 Å². The lowest BCUT2D eigenvalue weighted by Crippen LogP contribution is -2.11. The zero-order chi connectivity index (χ0) is 9.14. The molecule has 3 nitrogen and oxygen atoms in total. The SMILES string of the molecule is C=C(C(N)=O)c1cccc(O)c1. The van der Waals surface area contributed by atoms with Crippen LogP contribution >= 0.6 is 0 Å². The molecule has 1 rings (SSSR count). The molecule has 0 atom stereocenters. The quantitative estimate of drug-likeness (QED) is 0.636. The van der Waals surface area contributed by atoms with Gasteiger partial charge in [-0.2, -0.15) is 0 Å². The molecule has 1 aromatic rings. The second-order valence-corrected chi connectivity index (χ2v) is 2.39. The van der Waals surface area contributed by atoms with Crippen molar-refractivity contribution in [2.75, 3.05) is 0 Å². The topological polar surface area (TPSA) is 63.3 Å². The van der Waals surface area contributed by atoms with Crippen LogP contribution in [0.5, 0.6) is 5.75 Å². The highest BCUT2D eigenvalue weighted by atomic mass is 16.3. The number of primary amides is 1. The Morgan fingerprint density at radius 2 is 2.17 bits per heavy atom. The van der Waals surface area contributed by atoms with Gasteiger partial charge in [-0.3, -0.25) is 4.79 Å². The Morgan fingerprint density at radius 1 is 1.50 bits per heavy atom. The molecular formula is C9H9NO2. The van der Waals surface area contributed by atoms with E-state index in [1.54, 1.807) is 12.1 Å². The minimum absolute atomic E-state index is 0.0925. The number of aromatic hydroxyl groups is 1. The predicted molar refractivity (Wildman–Crippen MR) is 46.3 cm³/mol. The van der Waals surface area contributed by atoms with Crippen molar-refractivity contribution in [3.63, 3.8) is 0 Å². The average molecular weight is 163 g/mol. The molecule has 0 radical (unpaired) electrons. The Balaban J connectivity index is 3.04. The number of amides is 1. The monoisotopic (exact) mass is 163 g/mol. The van der Waals surface area contributed by atoms with Crippen LogP contribution in [0.1, 0.15) is 5.56 Å². The second kappa shape index (κ2) is 3.09. The molecule has 0 aliphatic rings. The molecule has 0 saturated carbocycles. The molecule has 0 heterocycles. The van der Waals surface area contributed by atoms with Gasteiger partial charge in [-0.05, 0) is 17.7 Å². The Labute approximate surface area is 70.1 Å². The number of hydrogen-bond acceptors (Lipinski definition) is 2. The second-order valence-electron chi connectivity index (χ2n) is 2.39. The van der Waals surface area contributed by atoms with E-state index in [0.717, 1.165) is 0 Å². The van der Waals surface area contributed by atoms with E-state index in [0.29, 0.717) is 5.56 Å². The van der Waals surface area contributed by atoms with Gasteiger partial charge in [0, 0.05) is 5.57 Å². The largest absolute Gasteiger partial charge is 0.508 e. The fourth-order valence-corrected chi connectivity index (χ4v) is 0.836. The number of hydrogen-bond donors (Lipinski definition) is 2. The average Bonchev–Trinajstić information content (AvgIpc) is 2.03. The van der Waals surface area contributed by atoms with Crippen LogP contribution in [0.25, 0.3) is 5.57 Å². The molecule has 0 unspecified atom stereocenters. The van der Waals surface area contributed by atoms with E-state index >= 15 is 0 Å². The lowest BCUT2D eigenvalue weighted by molar-refractivity contribution is -0.112. The van der Waals surface area contributed by atoms with E-state index in [4.69, 9.17) is 10.8 Å². The number of benzene rings is 1. The molecule has 0 saturated heterocycles. The maximum absolute atomic E-state index is 10.7. The first-order chi connectivity index (χ1) is 5.61. The van der Waals surface area contributed by atoms with Gasteiger partial charge in [-0.15, -0.1) is 0 Å². The normalized spacial score (nSPS) is 9.33. The molecule has 3 N–H and O–H groups in total. The van der Waals surface area contributed by atoms with E-state index in [2.05, 4.69) is 6.58 Å². The maximum Gasteiger partial charge on any atom is 0.248 e. The van der Waals surface area contributed by atoms with Crippen molar-refractivity contribution >= 4 is 11.5 Å². The van der Waals surface area contributed by atoms with E-state index in [9.17, 15) is 4.79 Å². The van der Waals surface area contributed by atoms with Gasteiger partial charge in [-0.25, -0.2) is 0 Å². The summed E-state index contributed by atoms with van der Waals surface area (Å²) in [6.45, 7) is 3.48. The molecule has 0 fully saturated rings. The standard InChI is InChI=1S/C9H9NO2/c1-6(9(10)12)7-3-2-4-8(11)5-7/h2-5,11H,1H2,(H2,10,12). The van der Waals surface area contributed by atoms with Crippen LogP contribution in [0, 0.1) is 0 Å². The lowest BCUT2D eigenvalue weighted by atomic mass is 10.1. The van der Waals surface area contributed by atoms with Crippen molar-refractivity contribution in [3.8, 4) is 5.75 Å². The summed E-state index contributed by atoms with van der Waals surface area (Å²) in [5.41, 5.74) is 5.74. The number of rotatable bonds is 2. The van der Waals surface area contributed by atoms with Crippen LogP contribution in [-0.4, -0.2) is 11.0 Å². The first-order valence-electron chi connectivity index (χ1n) is 3.39. The molecule has 1 aromatic carbocycles. The molecule has 1 amide bonds. The molecule has 12 heavy (non-hydrogen) atoms. The minimum Gasteiger partial charge on any atom is -0.508 e. The summed E-state index contributed by atoms with van der Waals surface area (Å²) < 4.78 is 0. The fraction of sp³-hybridized carbons (Fsp3) is 0. The van der Waals surface area contributed by atoms with Gasteiger partial charge in [0.15, 0.2) is 0 Å². The molecule has 0 aliphatic heterocycles. The van der Waals surface area contributed by atoms with Crippen LogP contribution in [0.2, 0.25) is 0 Å². The summed E-state index contributed by atoms with van der Waals surface area (Å²) in [4.78, 5) is 10.7. The molecule has 0 bridgehead atoms. The Kier molecular flexibility index (Phi) is 2.14. The van der Waals surface area contributed by atoms with Gasteiger partial charge in [-0.1, -0.05) is 18.7 Å². The van der Waals surface area contributed by atoms with E-state index in [-0.39, 0.29) is 11.3 Å². The van der Waals surface area contributed by atoms with Crippen LogP contribution in [0.3, 0.4) is 0 Å². The van der Waals surface area contributed by atoms with Crippen molar-refractivity contribution in [3.05, 3.63) is 36.4 Å². The highest BCUT2D eigenvalue weighted by molar-refractivity contribution is 6.17. The molecule has 62 valence electrons. The number of carbonyl (C=O) groups excluding carboxylic acids is 1. The summed E-state index contributed by atoms with van der Waals surface area (Å²) in [5.74, 6) is -0.490. The third kappa shape index (κ3) is 1.63. The zero-order valence-electron chi connectivity index (χ0n) is 6.45. The third-order valence-electron chi connectivity index (χ3n) is 1.49. The number of phenolic OH excluding ortho intramolecular Hbond substituents is 1. The Hall–Kier alpha value is -1.77. The van der Waals surface area contributed by atoms with Gasteiger partial charge < -0.3 is 10.8 Å². The van der Waals surface area contributed by atoms with Gasteiger partial charge in [0.25, 0.3) is 0 Å². The lowest BCUT2D eigenvalue weighted by Gasteiger charge is -2.00. The third-order valence-corrected chi connectivity index (χ3v) is 1.49. The molecule has 0 aliphatic carbocycles. The van der Waals surface area contributed by atoms with Crippen molar-refractivity contribution in [2.45, 2.75) is 0 Å². The zero-order valence-corrected chi connectivity index (χ0v) is 6.45. The number of nitrogens with two attached hydrogens (primary N) is 1. The van der Waals surface area contributed by atoms with E-state index in [1.807, 2.05) is 0 Å². The Morgan fingerprint density at radius 3 is 2.67 bits per heavy atom. The highest BCUT2D eigenvalue weighted by Crippen LogP contribution is 2.16. The molecule has 0 aromatic heterocycles. The summed E-state index contributed by atoms with van der Waals surface area (Å²) in [5, 5.41) is 9.05. The van der Waals surface area contributed by atoms with Gasteiger partial charge in [0.2, 0.25) is 5.91 Å². The van der Waals surface area contributed by atoms with E-state index < -0.39 is 5.91 Å². The van der Waals surface area contributed by atoms with Crippen LogP contribution < -0.4 is 5.73 Å². The smallest absolute Gasteiger partial charge is 0.248 e. The summed E-state index contributed by atoms with van der Waals surface area (Å²) in [7, 11) is 0. The van der Waals surface area contributed by atoms with E-state index in [1.165, 1.54) is 12.1 Å². The van der Waals surface area contributed by atoms with Gasteiger partial charge in [0.1, 0.15) is 5.75 Å². The number of phenols is 1. The summed E-state index contributed by atoms with van der Waals surface area (Å²) in [6, 6.07) is 6.23. The first kappa shape index (κ1) is 8.33. The predicted octanol–water partition coefficient (Wildman–Crippen LogP) is 0.891. The van der Waals surface area contributed by atoms with Crippen LogP contribution in [-0.2, 0) is 4.79 Å². The maximum atomic E-state index is 10.7. The van der Waals surface area contributed by atoms with Crippen molar-refractivity contribution in [1.82, 2.24) is 0 Å². The fourth-order valence-electron chi connectivity index (χ4n) is 0.836. The number of carbonyl (C=O) groups is 1. The highest BCUT2D eigenvalue weighted by Gasteiger charge is 2.04. The summed E-state index contributed by atoms with van der Waals surface area (Å²) in [6.07, 6.45) is 0.